The van der Waals surface area contributed by atoms with Crippen molar-refractivity contribution >= 4 is 10.9 Å². The molecule has 0 amide bonds. The summed E-state index contributed by atoms with van der Waals surface area (Å²) < 4.78 is 0. The van der Waals surface area contributed by atoms with Crippen molar-refractivity contribution in [3.8, 4) is 11.3 Å². The number of aliphatic hydroxyl groups excluding tert-OH is 2. The number of hydrogen-bond acceptors (Lipinski definition) is 3. The first-order chi connectivity index (χ1) is 15.6. The molecule has 3 aromatic rings. The normalized spacial score (nSPS) is 27.0. The van der Waals surface area contributed by atoms with Crippen molar-refractivity contribution in [2.24, 2.45) is 22.7 Å². The van der Waals surface area contributed by atoms with Crippen LogP contribution in [0.1, 0.15) is 58.9 Å². The molecule has 2 saturated carbocycles. The Morgan fingerprint density at radius 3 is 2.35 bits per heavy atom. The van der Waals surface area contributed by atoms with Gasteiger partial charge in [0.2, 0.25) is 0 Å². The summed E-state index contributed by atoms with van der Waals surface area (Å²) in [6, 6.07) is 21.5. The Labute approximate surface area is 218 Å². The summed E-state index contributed by atoms with van der Waals surface area (Å²) in [5.41, 5.74) is 4.25. The zero-order valence-electron chi connectivity index (χ0n) is 21.0. The van der Waals surface area contributed by atoms with E-state index < -0.39 is 0 Å². The molecule has 4 heteroatoms. The molecule has 4 unspecified atom stereocenters. The molecule has 4 atom stereocenters. The third-order valence-electron chi connectivity index (χ3n) is 7.99. The van der Waals surface area contributed by atoms with Crippen LogP contribution < -0.4 is 0 Å². The van der Waals surface area contributed by atoms with Gasteiger partial charge in [-0.3, -0.25) is 4.98 Å². The van der Waals surface area contributed by atoms with Crippen LogP contribution in [0.15, 0.2) is 54.6 Å². The van der Waals surface area contributed by atoms with Crippen molar-refractivity contribution < 1.29 is 30.3 Å². The van der Waals surface area contributed by atoms with Crippen LogP contribution in [-0.4, -0.2) is 27.4 Å². The van der Waals surface area contributed by atoms with Gasteiger partial charge in [-0.25, -0.2) is 0 Å². The second-order valence-electron chi connectivity index (χ2n) is 11.4. The van der Waals surface area contributed by atoms with Gasteiger partial charge in [0.15, 0.2) is 0 Å². The van der Waals surface area contributed by atoms with E-state index in [1.165, 1.54) is 23.8 Å². The van der Waals surface area contributed by atoms with Gasteiger partial charge in [0.1, 0.15) is 0 Å². The van der Waals surface area contributed by atoms with E-state index in [9.17, 15) is 10.2 Å². The van der Waals surface area contributed by atoms with Crippen LogP contribution in [0.5, 0.6) is 0 Å². The summed E-state index contributed by atoms with van der Waals surface area (Å²) in [4.78, 5) is 4.68. The van der Waals surface area contributed by atoms with Gasteiger partial charge >= 0.3 is 0 Å². The zero-order chi connectivity index (χ0) is 23.8. The van der Waals surface area contributed by atoms with E-state index in [1.54, 1.807) is 0 Å². The number of aliphatic hydroxyl groups is 2. The van der Waals surface area contributed by atoms with Gasteiger partial charge in [-0.05, 0) is 60.3 Å². The molecule has 0 spiro atoms. The van der Waals surface area contributed by atoms with E-state index in [1.807, 2.05) is 30.3 Å². The summed E-state index contributed by atoms with van der Waals surface area (Å²) in [6.07, 6.45) is 3.81. The van der Waals surface area contributed by atoms with Crippen molar-refractivity contribution in [1.29, 1.82) is 0 Å². The molecular formula is C30H38IrNO2-. The Morgan fingerprint density at radius 2 is 1.65 bits per heavy atom. The van der Waals surface area contributed by atoms with E-state index in [0.717, 1.165) is 29.6 Å². The monoisotopic (exact) mass is 637 g/mol. The molecule has 185 valence electrons. The first-order valence-electron chi connectivity index (χ1n) is 12.3. The maximum Gasteiger partial charge on any atom is 0.0646 e. The van der Waals surface area contributed by atoms with Crippen molar-refractivity contribution in [2.75, 3.05) is 0 Å². The molecule has 3 nitrogen and oxygen atoms in total. The van der Waals surface area contributed by atoms with Gasteiger partial charge in [0.25, 0.3) is 0 Å². The zero-order valence-corrected chi connectivity index (χ0v) is 23.4. The number of benzene rings is 2. The van der Waals surface area contributed by atoms with Crippen molar-refractivity contribution in [3.05, 3.63) is 66.2 Å². The van der Waals surface area contributed by atoms with E-state index in [0.29, 0.717) is 5.92 Å². The molecular weight excluding hydrogens is 599 g/mol. The fourth-order valence-electron chi connectivity index (χ4n) is 5.94. The van der Waals surface area contributed by atoms with Gasteiger partial charge in [0, 0.05) is 31.4 Å². The first kappa shape index (κ1) is 27.0. The Hall–Kier alpha value is -1.58. The third-order valence-corrected chi connectivity index (χ3v) is 7.99. The Balaban J connectivity index is 0.000000186. The molecule has 0 aliphatic heterocycles. The van der Waals surface area contributed by atoms with E-state index in [2.05, 4.69) is 69.9 Å². The van der Waals surface area contributed by atoms with E-state index in [-0.39, 0.29) is 49.1 Å². The predicted molar refractivity (Wildman–Crippen MR) is 136 cm³/mol. The smallest absolute Gasteiger partial charge is 0.0646 e. The largest absolute Gasteiger partial charge is 0.392 e. The Morgan fingerprint density at radius 1 is 0.912 bits per heavy atom. The second-order valence-corrected chi connectivity index (χ2v) is 11.4. The number of aryl methyl sites for hydroxylation is 1. The van der Waals surface area contributed by atoms with Crippen molar-refractivity contribution in [3.63, 3.8) is 0 Å². The summed E-state index contributed by atoms with van der Waals surface area (Å²) in [5.74, 6) is 0.606. The van der Waals surface area contributed by atoms with Crippen LogP contribution >= 0.6 is 0 Å². The van der Waals surface area contributed by atoms with Crippen LogP contribution in [0.4, 0.5) is 0 Å². The molecule has 0 bridgehead atoms. The van der Waals surface area contributed by atoms with Crippen molar-refractivity contribution in [2.45, 2.75) is 72.5 Å². The fraction of sp³-hybridized carbons (Fsp3) is 0.500. The Kier molecular flexibility index (Phi) is 8.41. The van der Waals surface area contributed by atoms with Crippen LogP contribution in [-0.2, 0) is 20.1 Å². The average Bonchev–Trinajstić information content (AvgIpc) is 2.95. The van der Waals surface area contributed by atoms with Gasteiger partial charge in [-0.1, -0.05) is 58.4 Å². The number of aromatic nitrogens is 1. The number of pyridine rings is 1. The minimum Gasteiger partial charge on any atom is -0.392 e. The Bertz CT molecular complexity index is 1100. The van der Waals surface area contributed by atoms with Gasteiger partial charge in [-0.15, -0.1) is 35.9 Å². The van der Waals surface area contributed by atoms with Crippen LogP contribution in [0.25, 0.3) is 22.2 Å². The molecule has 5 rings (SSSR count). The molecule has 2 aliphatic carbocycles. The van der Waals surface area contributed by atoms with E-state index >= 15 is 0 Å². The number of rotatable bonds is 1. The standard InChI is InChI=1S/C16H12N.C14H26O2.Ir/c1-12-6-5-9-16-14(12)10-11-15(17-16)13-7-3-2-4-8-13;1-13(2)7-5-6-9-8-14(3,4)12(16)10(9)11(13)15;/h2-7,9-11H,1H3;9-12,15-16H,5-8H2,1-4H3;/q-1;;. The maximum atomic E-state index is 10.5. The quantitative estimate of drug-likeness (QED) is 0.297. The van der Waals surface area contributed by atoms with Gasteiger partial charge in [-0.2, -0.15) is 0 Å². The molecule has 2 aliphatic rings. The molecule has 1 radical (unpaired) electrons. The molecule has 0 saturated heterocycles. The summed E-state index contributed by atoms with van der Waals surface area (Å²) in [5, 5.41) is 22.2. The fourth-order valence-corrected chi connectivity index (χ4v) is 5.94. The molecule has 34 heavy (non-hydrogen) atoms. The van der Waals surface area contributed by atoms with Gasteiger partial charge < -0.3 is 10.2 Å². The SMILES string of the molecule is CC1(C)CCCC2CC(C)(C)C(O)C2C1O.Cc1cccc2nc(-c3[c-]cccc3)ccc12.[Ir]. The minimum atomic E-state index is -0.350. The van der Waals surface area contributed by atoms with E-state index in [4.69, 9.17) is 0 Å². The third kappa shape index (κ3) is 5.46. The summed E-state index contributed by atoms with van der Waals surface area (Å²) >= 11 is 0. The van der Waals surface area contributed by atoms with Crippen molar-refractivity contribution in [1.82, 2.24) is 4.98 Å². The van der Waals surface area contributed by atoms with Gasteiger partial charge in [0.05, 0.1) is 17.7 Å². The summed E-state index contributed by atoms with van der Waals surface area (Å²) in [7, 11) is 0. The molecule has 1 aromatic heterocycles. The maximum absolute atomic E-state index is 10.5. The summed E-state index contributed by atoms with van der Waals surface area (Å²) in [6.45, 7) is 10.6. The molecule has 2 N–H and O–H groups in total. The average molecular weight is 637 g/mol. The molecule has 2 fully saturated rings. The topological polar surface area (TPSA) is 53.4 Å². The minimum absolute atomic E-state index is 0. The molecule has 1 heterocycles. The number of fused-ring (bicyclic) bond motifs is 2. The second kappa shape index (κ2) is 10.6. The molecule has 2 aromatic carbocycles. The number of nitrogens with zero attached hydrogens (tertiary/aromatic N) is 1. The van der Waals surface area contributed by atoms with Crippen LogP contribution in [0.2, 0.25) is 0 Å². The predicted octanol–water partition coefficient (Wildman–Crippen LogP) is 6.59. The first-order valence-corrected chi connectivity index (χ1v) is 12.3. The van der Waals surface area contributed by atoms with Crippen LogP contribution in [0, 0.1) is 35.7 Å². The number of hydrogen-bond donors (Lipinski definition) is 2. The van der Waals surface area contributed by atoms with Crippen LogP contribution in [0.3, 0.4) is 0 Å².